The lowest BCUT2D eigenvalue weighted by Gasteiger charge is -2.10. The van der Waals surface area contributed by atoms with Gasteiger partial charge in [0.2, 0.25) is 5.82 Å². The number of benzene rings is 1. The summed E-state index contributed by atoms with van der Waals surface area (Å²) in [6, 6.07) is 4.30. The van der Waals surface area contributed by atoms with E-state index in [0.717, 1.165) is 18.9 Å². The fraction of sp³-hybridized carbons (Fsp3) is 0.571. The van der Waals surface area contributed by atoms with Crippen LogP contribution in [0.1, 0.15) is 37.7 Å². The van der Waals surface area contributed by atoms with Gasteiger partial charge in [0.25, 0.3) is 0 Å². The van der Waals surface area contributed by atoms with E-state index in [1.165, 1.54) is 37.8 Å². The highest BCUT2D eigenvalue weighted by Crippen LogP contribution is 2.27. The van der Waals surface area contributed by atoms with E-state index < -0.39 is 16.4 Å². The van der Waals surface area contributed by atoms with E-state index in [1.807, 2.05) is 0 Å². The Morgan fingerprint density at radius 2 is 2.11 bits per heavy atom. The van der Waals surface area contributed by atoms with E-state index in [-0.39, 0.29) is 0 Å². The number of nitro groups is 1. The second kappa shape index (κ2) is 6.61. The molecule has 0 amide bonds. The molecule has 19 heavy (non-hydrogen) atoms. The molecule has 1 saturated carbocycles. The predicted octanol–water partition coefficient (Wildman–Crippen LogP) is 3.40. The van der Waals surface area contributed by atoms with Gasteiger partial charge in [0, 0.05) is 18.2 Å². The summed E-state index contributed by atoms with van der Waals surface area (Å²) in [5.74, 6) is 0.0725. The highest BCUT2D eigenvalue weighted by atomic mass is 19.1. The van der Waals surface area contributed by atoms with E-state index in [9.17, 15) is 14.5 Å². The molecule has 0 radical (unpaired) electrons. The highest BCUT2D eigenvalue weighted by molar-refractivity contribution is 5.36. The second-order valence-corrected chi connectivity index (χ2v) is 5.12. The van der Waals surface area contributed by atoms with E-state index in [4.69, 9.17) is 0 Å². The number of hydrogen-bond donors (Lipinski definition) is 1. The zero-order chi connectivity index (χ0) is 13.7. The summed E-state index contributed by atoms with van der Waals surface area (Å²) in [4.78, 5) is 9.94. The molecule has 0 bridgehead atoms. The Labute approximate surface area is 112 Å². The maximum Gasteiger partial charge on any atom is 0.305 e. The van der Waals surface area contributed by atoms with Crippen LogP contribution in [0, 0.1) is 21.8 Å². The molecule has 0 spiro atoms. The van der Waals surface area contributed by atoms with Crippen LogP contribution < -0.4 is 5.32 Å². The van der Waals surface area contributed by atoms with Crippen LogP contribution in [0.2, 0.25) is 0 Å². The summed E-state index contributed by atoms with van der Waals surface area (Å²) in [5, 5.41) is 13.8. The third-order valence-electron chi connectivity index (χ3n) is 3.77. The minimum Gasteiger partial charge on any atom is -0.313 e. The molecule has 0 unspecified atom stereocenters. The number of nitrogens with zero attached hydrogens (tertiary/aromatic N) is 1. The normalized spacial score (nSPS) is 15.8. The van der Waals surface area contributed by atoms with Gasteiger partial charge in [-0.1, -0.05) is 37.8 Å². The largest absolute Gasteiger partial charge is 0.313 e. The fourth-order valence-corrected chi connectivity index (χ4v) is 2.67. The molecule has 0 aromatic heterocycles. The molecule has 0 saturated heterocycles. The molecule has 1 aromatic carbocycles. The maximum atomic E-state index is 13.8. The zero-order valence-electron chi connectivity index (χ0n) is 10.9. The average molecular weight is 266 g/mol. The van der Waals surface area contributed by atoms with E-state index >= 15 is 0 Å². The summed E-state index contributed by atoms with van der Waals surface area (Å²) >= 11 is 0. The van der Waals surface area contributed by atoms with Crippen LogP contribution in [0.5, 0.6) is 0 Å². The summed E-state index contributed by atoms with van der Waals surface area (Å²) in [5.41, 5.74) is -0.0873. The minimum absolute atomic E-state index is 0.347. The van der Waals surface area contributed by atoms with Crippen molar-refractivity contribution in [1.82, 2.24) is 5.32 Å². The molecule has 5 heteroatoms. The molecule has 0 aliphatic heterocycles. The molecular weight excluding hydrogens is 247 g/mol. The number of hydrogen-bond acceptors (Lipinski definition) is 3. The number of nitro benzene ring substituents is 1. The quantitative estimate of drug-likeness (QED) is 0.487. The van der Waals surface area contributed by atoms with Gasteiger partial charge in [-0.2, -0.15) is 4.39 Å². The number of halogens is 1. The summed E-state index contributed by atoms with van der Waals surface area (Å²) in [6.45, 7) is 1.19. The van der Waals surface area contributed by atoms with Gasteiger partial charge in [0.05, 0.1) is 4.92 Å². The van der Waals surface area contributed by atoms with Gasteiger partial charge in [-0.25, -0.2) is 0 Å². The monoisotopic (exact) mass is 266 g/mol. The molecule has 104 valence electrons. The average Bonchev–Trinajstić information content (AvgIpc) is 2.89. The summed E-state index contributed by atoms with van der Waals surface area (Å²) in [6.07, 6.45) is 6.35. The van der Waals surface area contributed by atoms with E-state index in [1.54, 1.807) is 6.07 Å². The third-order valence-corrected chi connectivity index (χ3v) is 3.77. The van der Waals surface area contributed by atoms with Gasteiger partial charge in [0.1, 0.15) is 0 Å². The first-order valence-corrected chi connectivity index (χ1v) is 6.81. The van der Waals surface area contributed by atoms with Crippen LogP contribution in [0.25, 0.3) is 0 Å². The highest BCUT2D eigenvalue weighted by Gasteiger charge is 2.17. The lowest BCUT2D eigenvalue weighted by atomic mass is 10.0. The van der Waals surface area contributed by atoms with E-state index in [0.29, 0.717) is 12.1 Å². The molecule has 1 aliphatic carbocycles. The molecule has 1 aromatic rings. The van der Waals surface area contributed by atoms with Crippen LogP contribution in [0.3, 0.4) is 0 Å². The van der Waals surface area contributed by atoms with Crippen molar-refractivity contribution < 1.29 is 9.31 Å². The fourth-order valence-electron chi connectivity index (χ4n) is 2.67. The number of nitrogens with one attached hydrogen (secondary N) is 1. The molecule has 4 nitrogen and oxygen atoms in total. The Morgan fingerprint density at radius 3 is 2.79 bits per heavy atom. The van der Waals surface area contributed by atoms with E-state index in [2.05, 4.69) is 5.32 Å². The van der Waals surface area contributed by atoms with Gasteiger partial charge in [-0.05, 0) is 18.9 Å². The molecule has 0 heterocycles. The Kier molecular flexibility index (Phi) is 4.85. The Bertz CT molecular complexity index is 445. The topological polar surface area (TPSA) is 55.2 Å². The van der Waals surface area contributed by atoms with Crippen molar-refractivity contribution in [2.75, 3.05) is 6.54 Å². The first-order chi connectivity index (χ1) is 9.18. The Balaban J connectivity index is 1.82. The lowest BCUT2D eigenvalue weighted by Crippen LogP contribution is -2.18. The van der Waals surface area contributed by atoms with Crippen molar-refractivity contribution in [2.45, 2.75) is 38.6 Å². The van der Waals surface area contributed by atoms with Gasteiger partial charge < -0.3 is 5.32 Å². The predicted molar refractivity (Wildman–Crippen MR) is 71.3 cm³/mol. The van der Waals surface area contributed by atoms with Crippen LogP contribution in [0.15, 0.2) is 18.2 Å². The van der Waals surface area contributed by atoms with Crippen LogP contribution in [-0.4, -0.2) is 11.5 Å². The molecule has 1 fully saturated rings. The lowest BCUT2D eigenvalue weighted by molar-refractivity contribution is -0.387. The minimum atomic E-state index is -0.721. The van der Waals surface area contributed by atoms with Gasteiger partial charge in [-0.15, -0.1) is 0 Å². The first kappa shape index (κ1) is 13.9. The number of rotatable bonds is 6. The molecule has 2 rings (SSSR count). The van der Waals surface area contributed by atoms with Crippen LogP contribution in [0.4, 0.5) is 10.1 Å². The summed E-state index contributed by atoms with van der Waals surface area (Å²) in [7, 11) is 0. The van der Waals surface area contributed by atoms with Gasteiger partial charge >= 0.3 is 5.69 Å². The smallest absolute Gasteiger partial charge is 0.305 e. The molecule has 1 N–H and O–H groups in total. The van der Waals surface area contributed by atoms with Crippen molar-refractivity contribution in [2.24, 2.45) is 5.92 Å². The SMILES string of the molecule is O=[N+]([O-])c1cccc(CNCCC2CCCC2)c1F. The zero-order valence-corrected chi connectivity index (χ0v) is 10.9. The van der Waals surface area contributed by atoms with Crippen molar-refractivity contribution in [3.05, 3.63) is 39.7 Å². The Morgan fingerprint density at radius 1 is 1.37 bits per heavy atom. The molecular formula is C14H19FN2O2. The standard InChI is InChI=1S/C14H19FN2O2/c15-14-12(6-3-7-13(14)17(18)19)10-16-9-8-11-4-1-2-5-11/h3,6-7,11,16H,1-2,4-5,8-10H2. The first-order valence-electron chi connectivity index (χ1n) is 6.81. The maximum absolute atomic E-state index is 13.8. The van der Waals surface area contributed by atoms with Crippen molar-refractivity contribution in [3.63, 3.8) is 0 Å². The second-order valence-electron chi connectivity index (χ2n) is 5.12. The molecule has 0 atom stereocenters. The third kappa shape index (κ3) is 3.73. The Hall–Kier alpha value is -1.49. The van der Waals surface area contributed by atoms with Crippen LogP contribution in [-0.2, 0) is 6.54 Å². The van der Waals surface area contributed by atoms with Gasteiger partial charge in [-0.3, -0.25) is 10.1 Å². The summed E-state index contributed by atoms with van der Waals surface area (Å²) < 4.78 is 13.8. The van der Waals surface area contributed by atoms with Crippen molar-refractivity contribution >= 4 is 5.69 Å². The van der Waals surface area contributed by atoms with Crippen molar-refractivity contribution in [1.29, 1.82) is 0 Å². The van der Waals surface area contributed by atoms with Gasteiger partial charge in [0.15, 0.2) is 0 Å². The molecule has 1 aliphatic rings. The van der Waals surface area contributed by atoms with Crippen molar-refractivity contribution in [3.8, 4) is 0 Å². The van der Waals surface area contributed by atoms with Crippen LogP contribution >= 0.6 is 0 Å².